The molecular formula is C16H19ClFNOS. The summed E-state index contributed by atoms with van der Waals surface area (Å²) in [6.45, 7) is 0. The molecule has 5 heteroatoms. The second-order valence-electron chi connectivity index (χ2n) is 6.04. The van der Waals surface area contributed by atoms with Crippen LogP contribution in [-0.4, -0.2) is 17.7 Å². The van der Waals surface area contributed by atoms with Crippen LogP contribution >= 0.6 is 23.4 Å². The zero-order valence-electron chi connectivity index (χ0n) is 11.8. The highest BCUT2D eigenvalue weighted by Gasteiger charge is 2.39. The van der Waals surface area contributed by atoms with Crippen molar-refractivity contribution in [2.45, 2.75) is 37.5 Å². The predicted octanol–water partition coefficient (Wildman–Crippen LogP) is 4.02. The van der Waals surface area contributed by atoms with Gasteiger partial charge >= 0.3 is 0 Å². The van der Waals surface area contributed by atoms with E-state index in [0.717, 1.165) is 12.3 Å². The number of nitrogens with one attached hydrogen (secondary N) is 1. The van der Waals surface area contributed by atoms with Crippen LogP contribution in [0.2, 0.25) is 5.02 Å². The van der Waals surface area contributed by atoms with E-state index in [9.17, 15) is 9.18 Å². The van der Waals surface area contributed by atoms with Gasteiger partial charge in [0.2, 0.25) is 5.91 Å². The highest BCUT2D eigenvalue weighted by molar-refractivity contribution is 7.99. The standard InChI is InChI=1S/C16H19ClFNOS/c17-13-2-1-3-14(18)12(13)8-21-9-16(20)19-15-7-10-4-5-11(15)6-10/h1-3,10-11,15H,4-9H2,(H,19,20)/t10-,11+,15-/m0/s1. The molecule has 0 heterocycles. The third-order valence-corrected chi connectivity index (χ3v) is 5.94. The zero-order chi connectivity index (χ0) is 14.8. The van der Waals surface area contributed by atoms with Gasteiger partial charge in [-0.1, -0.05) is 24.1 Å². The van der Waals surface area contributed by atoms with E-state index in [1.807, 2.05) is 0 Å². The van der Waals surface area contributed by atoms with Gasteiger partial charge in [0.1, 0.15) is 5.82 Å². The molecule has 0 unspecified atom stereocenters. The summed E-state index contributed by atoms with van der Waals surface area (Å²) in [6, 6.07) is 5.04. The van der Waals surface area contributed by atoms with Gasteiger partial charge in [0.15, 0.2) is 0 Å². The molecule has 114 valence electrons. The van der Waals surface area contributed by atoms with E-state index in [1.165, 1.54) is 37.1 Å². The Kier molecular flexibility index (Phi) is 4.75. The molecule has 3 rings (SSSR count). The van der Waals surface area contributed by atoms with E-state index in [-0.39, 0.29) is 11.7 Å². The summed E-state index contributed by atoms with van der Waals surface area (Å²) < 4.78 is 13.6. The number of halogens is 2. The number of thioether (sulfide) groups is 1. The van der Waals surface area contributed by atoms with Crippen LogP contribution in [0.3, 0.4) is 0 Å². The molecule has 2 nitrogen and oxygen atoms in total. The van der Waals surface area contributed by atoms with E-state index >= 15 is 0 Å². The van der Waals surface area contributed by atoms with Gasteiger partial charge in [0, 0.05) is 22.4 Å². The molecule has 0 saturated heterocycles. The molecule has 3 atom stereocenters. The van der Waals surface area contributed by atoms with E-state index in [2.05, 4.69) is 5.32 Å². The molecule has 2 bridgehead atoms. The lowest BCUT2D eigenvalue weighted by Crippen LogP contribution is -2.39. The normalized spacial score (nSPS) is 27.0. The molecular weight excluding hydrogens is 309 g/mol. The van der Waals surface area contributed by atoms with Crippen molar-refractivity contribution in [3.05, 3.63) is 34.6 Å². The van der Waals surface area contributed by atoms with Gasteiger partial charge < -0.3 is 5.32 Å². The van der Waals surface area contributed by atoms with Crippen molar-refractivity contribution in [3.63, 3.8) is 0 Å². The third-order valence-electron chi connectivity index (χ3n) is 4.63. The van der Waals surface area contributed by atoms with E-state index in [0.29, 0.717) is 34.1 Å². The van der Waals surface area contributed by atoms with Gasteiger partial charge in [-0.25, -0.2) is 4.39 Å². The smallest absolute Gasteiger partial charge is 0.230 e. The second-order valence-corrected chi connectivity index (χ2v) is 7.43. The molecule has 21 heavy (non-hydrogen) atoms. The number of amides is 1. The molecule has 0 radical (unpaired) electrons. The number of carbonyl (C=O) groups excluding carboxylic acids is 1. The Morgan fingerprint density at radius 2 is 2.24 bits per heavy atom. The third kappa shape index (κ3) is 3.54. The van der Waals surface area contributed by atoms with Gasteiger partial charge in [0.25, 0.3) is 0 Å². The van der Waals surface area contributed by atoms with Crippen molar-refractivity contribution >= 4 is 29.3 Å². The summed E-state index contributed by atoms with van der Waals surface area (Å²) in [4.78, 5) is 12.0. The maximum atomic E-state index is 13.6. The summed E-state index contributed by atoms with van der Waals surface area (Å²) >= 11 is 7.38. The Bertz CT molecular complexity index is 519. The van der Waals surface area contributed by atoms with E-state index in [1.54, 1.807) is 12.1 Å². The van der Waals surface area contributed by atoms with Crippen molar-refractivity contribution in [1.82, 2.24) is 5.32 Å². The van der Waals surface area contributed by atoms with E-state index < -0.39 is 0 Å². The minimum Gasteiger partial charge on any atom is -0.352 e. The molecule has 2 saturated carbocycles. The fourth-order valence-electron chi connectivity index (χ4n) is 3.59. The number of benzene rings is 1. The second kappa shape index (κ2) is 6.57. The average Bonchev–Trinajstić information content (AvgIpc) is 3.04. The monoisotopic (exact) mass is 327 g/mol. The van der Waals surface area contributed by atoms with Crippen LogP contribution in [0.5, 0.6) is 0 Å². The van der Waals surface area contributed by atoms with Crippen molar-refractivity contribution < 1.29 is 9.18 Å². The first-order valence-corrected chi connectivity index (χ1v) is 8.96. The van der Waals surface area contributed by atoms with Crippen LogP contribution in [0.4, 0.5) is 4.39 Å². The number of fused-ring (bicyclic) bond motifs is 2. The SMILES string of the molecule is O=C(CSCc1c(F)cccc1Cl)N[C@H]1C[C@H]2CC[C@@H]1C2. The lowest BCUT2D eigenvalue weighted by Gasteiger charge is -2.22. The van der Waals surface area contributed by atoms with Gasteiger partial charge in [-0.05, 0) is 43.2 Å². The molecule has 0 aromatic heterocycles. The highest BCUT2D eigenvalue weighted by atomic mass is 35.5. The van der Waals surface area contributed by atoms with Gasteiger partial charge in [-0.3, -0.25) is 4.79 Å². The molecule has 2 fully saturated rings. The molecule has 1 aromatic rings. The van der Waals surface area contributed by atoms with Crippen LogP contribution in [0.1, 0.15) is 31.2 Å². The molecule has 0 spiro atoms. The Hall–Kier alpha value is -0.740. The predicted molar refractivity (Wildman–Crippen MR) is 85.0 cm³/mol. The van der Waals surface area contributed by atoms with Crippen LogP contribution in [-0.2, 0) is 10.5 Å². The largest absolute Gasteiger partial charge is 0.352 e. The summed E-state index contributed by atoms with van der Waals surface area (Å²) in [7, 11) is 0. The Morgan fingerprint density at radius 1 is 1.38 bits per heavy atom. The minimum absolute atomic E-state index is 0.0602. The maximum Gasteiger partial charge on any atom is 0.230 e. The van der Waals surface area contributed by atoms with Crippen LogP contribution < -0.4 is 5.32 Å². The van der Waals surface area contributed by atoms with Crippen molar-refractivity contribution in [1.29, 1.82) is 0 Å². The first-order chi connectivity index (χ1) is 10.1. The number of hydrogen-bond acceptors (Lipinski definition) is 2. The van der Waals surface area contributed by atoms with Crippen molar-refractivity contribution in [3.8, 4) is 0 Å². The number of hydrogen-bond donors (Lipinski definition) is 1. The molecule has 2 aliphatic rings. The van der Waals surface area contributed by atoms with Crippen LogP contribution in [0.15, 0.2) is 18.2 Å². The highest BCUT2D eigenvalue weighted by Crippen LogP contribution is 2.44. The zero-order valence-corrected chi connectivity index (χ0v) is 13.4. The van der Waals surface area contributed by atoms with Gasteiger partial charge in [-0.2, -0.15) is 0 Å². The fourth-order valence-corrected chi connectivity index (χ4v) is 4.76. The lowest BCUT2D eigenvalue weighted by atomic mass is 9.95. The molecule has 1 aromatic carbocycles. The van der Waals surface area contributed by atoms with Crippen LogP contribution in [0.25, 0.3) is 0 Å². The quantitative estimate of drug-likeness (QED) is 0.885. The topological polar surface area (TPSA) is 29.1 Å². The summed E-state index contributed by atoms with van der Waals surface area (Å²) in [5.41, 5.74) is 0.483. The Balaban J connectivity index is 1.44. The minimum atomic E-state index is -0.302. The van der Waals surface area contributed by atoms with Gasteiger partial charge in [-0.15, -0.1) is 11.8 Å². The Labute approximate surface area is 133 Å². The lowest BCUT2D eigenvalue weighted by molar-refractivity contribution is -0.119. The molecule has 1 amide bonds. The average molecular weight is 328 g/mol. The van der Waals surface area contributed by atoms with Crippen LogP contribution in [0, 0.1) is 17.7 Å². The summed E-state index contributed by atoms with van der Waals surface area (Å²) in [6.07, 6.45) is 5.01. The molecule has 1 N–H and O–H groups in total. The van der Waals surface area contributed by atoms with Gasteiger partial charge in [0.05, 0.1) is 5.75 Å². The molecule has 2 aliphatic carbocycles. The maximum absolute atomic E-state index is 13.6. The summed E-state index contributed by atoms with van der Waals surface area (Å²) in [5, 5.41) is 3.57. The Morgan fingerprint density at radius 3 is 2.90 bits per heavy atom. The summed E-state index contributed by atoms with van der Waals surface area (Å²) in [5.74, 6) is 2.05. The van der Waals surface area contributed by atoms with E-state index in [4.69, 9.17) is 11.6 Å². The first kappa shape index (κ1) is 15.2. The first-order valence-electron chi connectivity index (χ1n) is 7.43. The van der Waals surface area contributed by atoms with Crippen molar-refractivity contribution in [2.24, 2.45) is 11.8 Å². The van der Waals surface area contributed by atoms with Crippen molar-refractivity contribution in [2.75, 3.05) is 5.75 Å². The number of carbonyl (C=O) groups is 1. The fraction of sp³-hybridized carbons (Fsp3) is 0.562. The number of rotatable bonds is 5. The molecule has 0 aliphatic heterocycles.